The van der Waals surface area contributed by atoms with Crippen LogP contribution in [0.15, 0.2) is 35.2 Å². The van der Waals surface area contributed by atoms with Gasteiger partial charge in [-0.2, -0.15) is 0 Å². The van der Waals surface area contributed by atoms with E-state index in [1.807, 2.05) is 6.07 Å². The Morgan fingerprint density at radius 2 is 2.00 bits per heavy atom. The van der Waals surface area contributed by atoms with E-state index in [2.05, 4.69) is 4.72 Å². The summed E-state index contributed by atoms with van der Waals surface area (Å²) in [5.41, 5.74) is 0.0646. The fourth-order valence-electron chi connectivity index (χ4n) is 2.27. The first kappa shape index (κ1) is 19.6. The molecule has 1 N–H and O–H groups in total. The number of nitro benzene ring substituents is 1. The van der Waals surface area contributed by atoms with Crippen molar-refractivity contribution in [1.82, 2.24) is 4.72 Å². The molecule has 0 saturated carbocycles. The molecular formula is C15H18ClN3O4S2. The van der Waals surface area contributed by atoms with Gasteiger partial charge in [-0.1, -0.05) is 11.6 Å². The van der Waals surface area contributed by atoms with Crippen molar-refractivity contribution in [3.63, 3.8) is 0 Å². The molecular weight excluding hydrogens is 386 g/mol. The third-order valence-corrected chi connectivity index (χ3v) is 6.15. The molecule has 0 amide bonds. The smallest absolute Gasteiger partial charge is 0.293 e. The monoisotopic (exact) mass is 403 g/mol. The van der Waals surface area contributed by atoms with E-state index in [-0.39, 0.29) is 16.6 Å². The lowest BCUT2D eigenvalue weighted by Gasteiger charge is -2.19. The van der Waals surface area contributed by atoms with Gasteiger partial charge in [0.1, 0.15) is 5.69 Å². The lowest BCUT2D eigenvalue weighted by molar-refractivity contribution is -0.384. The van der Waals surface area contributed by atoms with E-state index in [1.165, 1.54) is 23.5 Å². The van der Waals surface area contributed by atoms with Crippen LogP contribution in [0.4, 0.5) is 11.4 Å². The summed E-state index contributed by atoms with van der Waals surface area (Å²) in [4.78, 5) is 13.3. The predicted octanol–water partition coefficient (Wildman–Crippen LogP) is 3.63. The van der Waals surface area contributed by atoms with Crippen LogP contribution in [0.5, 0.6) is 0 Å². The first-order valence-electron chi connectivity index (χ1n) is 7.36. The van der Waals surface area contributed by atoms with Crippen LogP contribution < -0.4 is 9.62 Å². The van der Waals surface area contributed by atoms with Gasteiger partial charge in [0.25, 0.3) is 5.69 Å². The van der Waals surface area contributed by atoms with Crippen LogP contribution in [0.1, 0.15) is 18.7 Å². The number of nitrogens with one attached hydrogen (secondary N) is 1. The largest absolute Gasteiger partial charge is 0.364 e. The molecule has 2 rings (SSSR count). The lowest BCUT2D eigenvalue weighted by atomic mass is 10.2. The Hall–Kier alpha value is -1.68. The van der Waals surface area contributed by atoms with Crippen LogP contribution in [-0.4, -0.2) is 26.4 Å². The van der Waals surface area contributed by atoms with Gasteiger partial charge >= 0.3 is 0 Å². The highest BCUT2D eigenvalue weighted by molar-refractivity contribution is 7.89. The summed E-state index contributed by atoms with van der Waals surface area (Å²) in [6, 6.07) is 7.19. The molecule has 0 fully saturated rings. The maximum absolute atomic E-state index is 12.2. The Morgan fingerprint density at radius 3 is 2.52 bits per heavy atom. The van der Waals surface area contributed by atoms with Gasteiger partial charge in [0, 0.05) is 24.0 Å². The molecule has 2 aromatic rings. The van der Waals surface area contributed by atoms with E-state index < -0.39 is 14.9 Å². The summed E-state index contributed by atoms with van der Waals surface area (Å²) >= 11 is 7.29. The Kier molecular flexibility index (Phi) is 6.04. The molecule has 136 valence electrons. The van der Waals surface area contributed by atoms with E-state index in [9.17, 15) is 18.5 Å². The van der Waals surface area contributed by atoms with Gasteiger partial charge in [0.15, 0.2) is 0 Å². The summed E-state index contributed by atoms with van der Waals surface area (Å²) in [6.45, 7) is 3.79. The lowest BCUT2D eigenvalue weighted by Crippen LogP contribution is -2.30. The summed E-state index contributed by atoms with van der Waals surface area (Å²) in [7, 11) is -2.10. The zero-order chi connectivity index (χ0) is 18.8. The Morgan fingerprint density at radius 1 is 1.32 bits per heavy atom. The fourth-order valence-corrected chi connectivity index (χ4v) is 4.69. The molecule has 0 spiro atoms. The summed E-state index contributed by atoms with van der Waals surface area (Å²) in [5, 5.41) is 11.4. The van der Waals surface area contributed by atoms with Gasteiger partial charge in [-0.25, -0.2) is 13.1 Å². The highest BCUT2D eigenvalue weighted by atomic mass is 35.5. The Balaban J connectivity index is 2.37. The summed E-state index contributed by atoms with van der Waals surface area (Å²) in [5.74, 6) is 0. The third-order valence-electron chi connectivity index (χ3n) is 3.28. The van der Waals surface area contributed by atoms with E-state index in [0.29, 0.717) is 16.6 Å². The molecule has 1 heterocycles. The zero-order valence-electron chi connectivity index (χ0n) is 13.9. The molecule has 0 saturated heterocycles. The minimum absolute atomic E-state index is 0.135. The van der Waals surface area contributed by atoms with Crippen LogP contribution in [0, 0.1) is 10.1 Å². The number of halogens is 1. The quantitative estimate of drug-likeness (QED) is 0.562. The number of rotatable bonds is 7. The first-order valence-corrected chi connectivity index (χ1v) is 10.0. The molecule has 0 bridgehead atoms. The standard InChI is InChI=1S/C15H18ClN3O4S2/c1-10(2)17-25(22,23)12-5-6-13(14(8-12)19(20)21)18(3)9-11-4-7-15(16)24-11/h4-8,10,17H,9H2,1-3H3. The van der Waals surface area contributed by atoms with E-state index in [1.54, 1.807) is 31.9 Å². The molecule has 0 unspecified atom stereocenters. The van der Waals surface area contributed by atoms with Crippen molar-refractivity contribution in [3.8, 4) is 0 Å². The fraction of sp³-hybridized carbons (Fsp3) is 0.333. The number of sulfonamides is 1. The highest BCUT2D eigenvalue weighted by Gasteiger charge is 2.24. The Bertz CT molecular complexity index is 881. The SMILES string of the molecule is CC(C)NS(=O)(=O)c1ccc(N(C)Cc2ccc(Cl)s2)c([N+](=O)[O-])c1. The molecule has 0 aliphatic rings. The molecule has 1 aromatic heterocycles. The maximum Gasteiger partial charge on any atom is 0.293 e. The van der Waals surface area contributed by atoms with E-state index >= 15 is 0 Å². The van der Waals surface area contributed by atoms with Crippen molar-refractivity contribution in [3.05, 3.63) is 49.7 Å². The number of thiophene rings is 1. The van der Waals surface area contributed by atoms with Gasteiger partial charge in [-0.05, 0) is 38.1 Å². The summed E-state index contributed by atoms with van der Waals surface area (Å²) < 4.78 is 27.5. The predicted molar refractivity (Wildman–Crippen MR) is 100.0 cm³/mol. The normalized spacial score (nSPS) is 11.7. The molecule has 0 aliphatic heterocycles. The van der Waals surface area contributed by atoms with Gasteiger partial charge in [-0.3, -0.25) is 10.1 Å². The maximum atomic E-state index is 12.2. The highest BCUT2D eigenvalue weighted by Crippen LogP contribution is 2.32. The number of hydrogen-bond donors (Lipinski definition) is 1. The number of benzene rings is 1. The van der Waals surface area contributed by atoms with Gasteiger partial charge in [-0.15, -0.1) is 11.3 Å². The second kappa shape index (κ2) is 7.69. The van der Waals surface area contributed by atoms with Crippen molar-refractivity contribution in [2.45, 2.75) is 31.3 Å². The van der Waals surface area contributed by atoms with Crippen LogP contribution in [-0.2, 0) is 16.6 Å². The number of anilines is 1. The van der Waals surface area contributed by atoms with Crippen LogP contribution >= 0.6 is 22.9 Å². The van der Waals surface area contributed by atoms with Crippen molar-refractivity contribution in [1.29, 1.82) is 0 Å². The van der Waals surface area contributed by atoms with E-state index in [0.717, 1.165) is 10.9 Å². The molecule has 25 heavy (non-hydrogen) atoms. The number of hydrogen-bond acceptors (Lipinski definition) is 6. The van der Waals surface area contributed by atoms with Crippen molar-refractivity contribution >= 4 is 44.3 Å². The molecule has 0 aliphatic carbocycles. The topological polar surface area (TPSA) is 92.6 Å². The average Bonchev–Trinajstić information content (AvgIpc) is 2.90. The first-order chi connectivity index (χ1) is 11.6. The number of nitro groups is 1. The van der Waals surface area contributed by atoms with Crippen molar-refractivity contribution in [2.75, 3.05) is 11.9 Å². The second-order valence-corrected chi connectivity index (χ2v) is 9.26. The van der Waals surface area contributed by atoms with E-state index in [4.69, 9.17) is 11.6 Å². The molecule has 1 aromatic carbocycles. The number of nitrogens with zero attached hydrogens (tertiary/aromatic N) is 2. The molecule has 7 nitrogen and oxygen atoms in total. The Labute approximate surface area is 155 Å². The molecule has 10 heteroatoms. The van der Waals surface area contributed by atoms with Crippen molar-refractivity contribution < 1.29 is 13.3 Å². The third kappa shape index (κ3) is 4.91. The second-order valence-electron chi connectivity index (χ2n) is 5.75. The van der Waals surface area contributed by atoms with Crippen LogP contribution in [0.25, 0.3) is 0 Å². The summed E-state index contributed by atoms with van der Waals surface area (Å²) in [6.07, 6.45) is 0. The van der Waals surface area contributed by atoms with Crippen LogP contribution in [0.2, 0.25) is 4.34 Å². The van der Waals surface area contributed by atoms with Gasteiger partial charge in [0.05, 0.1) is 20.7 Å². The molecule has 0 radical (unpaired) electrons. The minimum Gasteiger partial charge on any atom is -0.364 e. The average molecular weight is 404 g/mol. The van der Waals surface area contributed by atoms with Gasteiger partial charge in [0.2, 0.25) is 10.0 Å². The minimum atomic E-state index is -3.80. The molecule has 0 atom stereocenters. The van der Waals surface area contributed by atoms with Crippen LogP contribution in [0.3, 0.4) is 0 Å². The van der Waals surface area contributed by atoms with Crippen molar-refractivity contribution in [2.24, 2.45) is 0 Å². The zero-order valence-corrected chi connectivity index (χ0v) is 16.3. The van der Waals surface area contributed by atoms with Gasteiger partial charge < -0.3 is 4.90 Å².